The minimum atomic E-state index is 0.00278. The molecule has 0 atom stereocenters. The zero-order valence-electron chi connectivity index (χ0n) is 8.06. The maximum Gasteiger partial charge on any atom is 0.250 e. The third-order valence-corrected chi connectivity index (χ3v) is 1.95. The molecule has 1 aromatic heterocycles. The topological polar surface area (TPSA) is 32.9 Å². The first-order valence-corrected chi connectivity index (χ1v) is 4.11. The molecule has 0 aliphatic carbocycles. The summed E-state index contributed by atoms with van der Waals surface area (Å²) in [7, 11) is 0. The van der Waals surface area contributed by atoms with Gasteiger partial charge in [-0.05, 0) is 24.0 Å². The van der Waals surface area contributed by atoms with Gasteiger partial charge in [0.1, 0.15) is 0 Å². The monoisotopic (exact) mass is 165 g/mol. The zero-order valence-corrected chi connectivity index (χ0v) is 8.06. The molecule has 1 rings (SSSR count). The lowest BCUT2D eigenvalue weighted by molar-refractivity contribution is 0.586. The maximum absolute atomic E-state index is 11.0. The average Bonchev–Trinajstić information content (AvgIpc) is 1.92. The number of aromatic amines is 1. The Hall–Kier alpha value is -1.05. The summed E-state index contributed by atoms with van der Waals surface area (Å²) in [6.07, 6.45) is 1.79. The van der Waals surface area contributed by atoms with Gasteiger partial charge in [-0.15, -0.1) is 0 Å². The third-order valence-electron chi connectivity index (χ3n) is 1.95. The van der Waals surface area contributed by atoms with Crippen LogP contribution in [0.15, 0.2) is 17.1 Å². The van der Waals surface area contributed by atoms with Gasteiger partial charge in [-0.3, -0.25) is 4.79 Å². The summed E-state index contributed by atoms with van der Waals surface area (Å²) < 4.78 is 0. The van der Waals surface area contributed by atoms with Crippen molar-refractivity contribution in [2.24, 2.45) is 0 Å². The van der Waals surface area contributed by atoms with Crippen molar-refractivity contribution in [3.63, 3.8) is 0 Å². The third kappa shape index (κ3) is 1.76. The molecule has 1 N–H and O–H groups in total. The molecule has 0 fully saturated rings. The largest absolute Gasteiger partial charge is 0.329 e. The van der Waals surface area contributed by atoms with Gasteiger partial charge in [-0.1, -0.05) is 20.8 Å². The Morgan fingerprint density at radius 3 is 2.33 bits per heavy atom. The van der Waals surface area contributed by atoms with Crippen LogP contribution in [0, 0.1) is 6.92 Å². The second-order valence-corrected chi connectivity index (χ2v) is 4.15. The number of hydrogen-bond acceptors (Lipinski definition) is 1. The highest BCUT2D eigenvalue weighted by Gasteiger charge is 2.13. The number of aromatic nitrogens is 1. The minimum Gasteiger partial charge on any atom is -0.329 e. The van der Waals surface area contributed by atoms with E-state index in [-0.39, 0.29) is 11.0 Å². The fourth-order valence-electron chi connectivity index (χ4n) is 1.03. The van der Waals surface area contributed by atoms with Crippen molar-refractivity contribution >= 4 is 0 Å². The number of pyridine rings is 1. The lowest BCUT2D eigenvalue weighted by Gasteiger charge is -2.18. The summed E-state index contributed by atoms with van der Waals surface area (Å²) in [5, 5.41) is 0. The first-order chi connectivity index (χ1) is 5.41. The molecule has 0 spiro atoms. The van der Waals surface area contributed by atoms with Crippen LogP contribution in [0.4, 0.5) is 0 Å². The molecule has 0 aromatic carbocycles. The number of rotatable bonds is 0. The van der Waals surface area contributed by atoms with E-state index in [0.29, 0.717) is 0 Å². The number of H-pyrrole nitrogens is 1. The van der Waals surface area contributed by atoms with Gasteiger partial charge in [0.15, 0.2) is 0 Å². The summed E-state index contributed by atoms with van der Waals surface area (Å²) in [5.74, 6) is 0. The zero-order chi connectivity index (χ0) is 9.35. The normalized spacial score (nSPS) is 11.7. The molecule has 0 aliphatic rings. The molecule has 0 bridgehead atoms. The van der Waals surface area contributed by atoms with E-state index in [1.54, 1.807) is 6.20 Å². The summed E-state index contributed by atoms with van der Waals surface area (Å²) >= 11 is 0. The predicted octanol–water partition coefficient (Wildman–Crippen LogP) is 1.98. The van der Waals surface area contributed by atoms with E-state index >= 15 is 0 Å². The summed E-state index contributed by atoms with van der Waals surface area (Å²) in [6, 6.07) is 1.94. The van der Waals surface area contributed by atoms with Gasteiger partial charge in [0.2, 0.25) is 0 Å². The molecule has 66 valence electrons. The average molecular weight is 165 g/mol. The van der Waals surface area contributed by atoms with Crippen LogP contribution < -0.4 is 5.56 Å². The van der Waals surface area contributed by atoms with E-state index in [1.165, 1.54) is 5.56 Å². The Bertz CT molecular complexity index is 330. The lowest BCUT2D eigenvalue weighted by atomic mass is 9.88. The van der Waals surface area contributed by atoms with Crippen LogP contribution >= 0.6 is 0 Å². The van der Waals surface area contributed by atoms with Crippen molar-refractivity contribution in [3.05, 3.63) is 33.7 Å². The van der Waals surface area contributed by atoms with Crippen LogP contribution in [-0.4, -0.2) is 4.98 Å². The van der Waals surface area contributed by atoms with Crippen LogP contribution in [0.1, 0.15) is 31.9 Å². The molecule has 1 aromatic rings. The van der Waals surface area contributed by atoms with E-state index in [1.807, 2.05) is 13.0 Å². The SMILES string of the molecule is Cc1cc(C(C)(C)C)c[nH]c1=O. The van der Waals surface area contributed by atoms with Gasteiger partial charge in [0.05, 0.1) is 0 Å². The van der Waals surface area contributed by atoms with E-state index in [0.717, 1.165) is 5.56 Å². The van der Waals surface area contributed by atoms with Gasteiger partial charge in [-0.2, -0.15) is 0 Å². The Morgan fingerprint density at radius 2 is 1.92 bits per heavy atom. The highest BCUT2D eigenvalue weighted by Crippen LogP contribution is 2.20. The second kappa shape index (κ2) is 2.77. The van der Waals surface area contributed by atoms with Crippen molar-refractivity contribution in [3.8, 4) is 0 Å². The fourth-order valence-corrected chi connectivity index (χ4v) is 1.03. The van der Waals surface area contributed by atoms with Crippen LogP contribution in [0.25, 0.3) is 0 Å². The van der Waals surface area contributed by atoms with Gasteiger partial charge < -0.3 is 4.98 Å². The van der Waals surface area contributed by atoms with E-state index in [4.69, 9.17) is 0 Å². The van der Waals surface area contributed by atoms with Crippen molar-refractivity contribution in [2.45, 2.75) is 33.1 Å². The highest BCUT2D eigenvalue weighted by molar-refractivity contribution is 5.23. The molecule has 0 unspecified atom stereocenters. The van der Waals surface area contributed by atoms with Crippen LogP contribution in [0.2, 0.25) is 0 Å². The van der Waals surface area contributed by atoms with Crippen LogP contribution in [0.3, 0.4) is 0 Å². The summed E-state index contributed by atoms with van der Waals surface area (Å²) in [4.78, 5) is 13.8. The first kappa shape index (κ1) is 9.04. The molecule has 2 heteroatoms. The van der Waals surface area contributed by atoms with Crippen LogP contribution in [0.5, 0.6) is 0 Å². The fraction of sp³-hybridized carbons (Fsp3) is 0.500. The Kier molecular flexibility index (Phi) is 2.09. The molecule has 0 amide bonds. The van der Waals surface area contributed by atoms with Gasteiger partial charge in [0.25, 0.3) is 5.56 Å². The van der Waals surface area contributed by atoms with Gasteiger partial charge >= 0.3 is 0 Å². The molecule has 0 saturated heterocycles. The Balaban J connectivity index is 3.23. The van der Waals surface area contributed by atoms with Crippen molar-refractivity contribution in [1.82, 2.24) is 4.98 Å². The highest BCUT2D eigenvalue weighted by atomic mass is 16.1. The standard InChI is InChI=1S/C10H15NO/c1-7-5-8(10(2,3)4)6-11-9(7)12/h5-6H,1-4H3,(H,11,12). The van der Waals surface area contributed by atoms with Crippen LogP contribution in [-0.2, 0) is 5.41 Å². The number of hydrogen-bond donors (Lipinski definition) is 1. The Morgan fingerprint density at radius 1 is 1.33 bits per heavy atom. The summed E-state index contributed by atoms with van der Waals surface area (Å²) in [6.45, 7) is 8.20. The minimum absolute atomic E-state index is 0.00278. The molecule has 1 heterocycles. The molecular weight excluding hydrogens is 150 g/mol. The quantitative estimate of drug-likeness (QED) is 0.626. The Labute approximate surface area is 72.6 Å². The molecule has 0 aliphatic heterocycles. The second-order valence-electron chi connectivity index (χ2n) is 4.15. The van der Waals surface area contributed by atoms with E-state index in [9.17, 15) is 4.79 Å². The van der Waals surface area contributed by atoms with E-state index < -0.39 is 0 Å². The van der Waals surface area contributed by atoms with Gasteiger partial charge in [-0.25, -0.2) is 0 Å². The van der Waals surface area contributed by atoms with E-state index in [2.05, 4.69) is 25.8 Å². The smallest absolute Gasteiger partial charge is 0.250 e. The van der Waals surface area contributed by atoms with Gasteiger partial charge in [0, 0.05) is 11.8 Å². The van der Waals surface area contributed by atoms with Crippen molar-refractivity contribution in [2.75, 3.05) is 0 Å². The molecule has 0 saturated carbocycles. The summed E-state index contributed by atoms with van der Waals surface area (Å²) in [5.41, 5.74) is 2.06. The van der Waals surface area contributed by atoms with Crippen molar-refractivity contribution in [1.29, 1.82) is 0 Å². The number of nitrogens with one attached hydrogen (secondary N) is 1. The molecular formula is C10H15NO. The van der Waals surface area contributed by atoms with Crippen molar-refractivity contribution < 1.29 is 0 Å². The predicted molar refractivity (Wildman–Crippen MR) is 50.5 cm³/mol. The molecule has 12 heavy (non-hydrogen) atoms. The lowest BCUT2D eigenvalue weighted by Crippen LogP contribution is -2.16. The first-order valence-electron chi connectivity index (χ1n) is 4.11. The molecule has 0 radical (unpaired) electrons. The maximum atomic E-state index is 11.0. The molecule has 2 nitrogen and oxygen atoms in total. The number of aryl methyl sites for hydroxylation is 1.